The van der Waals surface area contributed by atoms with Gasteiger partial charge >= 0.3 is 0 Å². The summed E-state index contributed by atoms with van der Waals surface area (Å²) in [5, 5.41) is 17.6. The summed E-state index contributed by atoms with van der Waals surface area (Å²) in [6.45, 7) is 5.61. The molecule has 2 heterocycles. The maximum atomic E-state index is 4.76. The van der Waals surface area contributed by atoms with Crippen molar-refractivity contribution in [1.29, 1.82) is 0 Å². The van der Waals surface area contributed by atoms with Gasteiger partial charge in [-0.05, 0) is 31.2 Å². The van der Waals surface area contributed by atoms with Gasteiger partial charge in [0.15, 0.2) is 11.8 Å². The highest BCUT2D eigenvalue weighted by atomic mass is 32.1. The Morgan fingerprint density at radius 2 is 2.20 bits per heavy atom. The number of hydrogen-bond donors (Lipinski definition) is 2. The molecule has 0 spiro atoms. The van der Waals surface area contributed by atoms with Gasteiger partial charge in [0.2, 0.25) is 0 Å². The Kier molecular flexibility index (Phi) is 6.07. The van der Waals surface area contributed by atoms with E-state index in [1.54, 1.807) is 0 Å². The molecule has 0 saturated heterocycles. The van der Waals surface area contributed by atoms with Crippen molar-refractivity contribution in [1.82, 2.24) is 25.4 Å². The molecule has 1 atom stereocenters. The quantitative estimate of drug-likeness (QED) is 0.614. The highest BCUT2D eigenvalue weighted by Crippen LogP contribution is 2.20. The molecule has 2 aromatic rings. The van der Waals surface area contributed by atoms with Crippen molar-refractivity contribution in [2.45, 2.75) is 58.0 Å². The summed E-state index contributed by atoms with van der Waals surface area (Å²) in [5.74, 6) is 3.15. The Bertz CT molecular complexity index is 684. The van der Waals surface area contributed by atoms with Crippen molar-refractivity contribution in [3.8, 4) is 0 Å². The summed E-state index contributed by atoms with van der Waals surface area (Å²) >= 11 is 1.81. The van der Waals surface area contributed by atoms with E-state index >= 15 is 0 Å². The zero-order valence-corrected chi connectivity index (χ0v) is 16.1. The minimum absolute atomic E-state index is 0.465. The molecule has 0 bridgehead atoms. The largest absolute Gasteiger partial charge is 0.356 e. The molecule has 1 aliphatic rings. The fourth-order valence-electron chi connectivity index (χ4n) is 3.08. The van der Waals surface area contributed by atoms with Crippen LogP contribution >= 0.6 is 11.3 Å². The summed E-state index contributed by atoms with van der Waals surface area (Å²) in [7, 11) is 1.98. The lowest BCUT2D eigenvalue weighted by Crippen LogP contribution is -2.43. The highest BCUT2D eigenvalue weighted by molar-refractivity contribution is 7.10. The number of thiophene rings is 1. The molecule has 0 aliphatic heterocycles. The number of nitrogens with zero attached hydrogens (tertiary/aromatic N) is 4. The number of guanidine groups is 1. The predicted octanol–water partition coefficient (Wildman–Crippen LogP) is 2.97. The van der Waals surface area contributed by atoms with E-state index in [2.05, 4.69) is 45.3 Å². The zero-order chi connectivity index (χ0) is 17.6. The third-order valence-electron chi connectivity index (χ3n) is 4.86. The number of hydrogen-bond acceptors (Lipinski definition) is 4. The summed E-state index contributed by atoms with van der Waals surface area (Å²) in [5.41, 5.74) is 0. The molecule has 3 rings (SSSR count). The van der Waals surface area contributed by atoms with Gasteiger partial charge in [-0.2, -0.15) is 0 Å². The van der Waals surface area contributed by atoms with Gasteiger partial charge in [-0.15, -0.1) is 21.5 Å². The summed E-state index contributed by atoms with van der Waals surface area (Å²) in [6.07, 6.45) is 5.06. The zero-order valence-electron chi connectivity index (χ0n) is 15.3. The molecule has 6 nitrogen and oxygen atoms in total. The normalized spacial score (nSPS) is 17.0. The molecule has 2 N–H and O–H groups in total. The van der Waals surface area contributed by atoms with Crippen molar-refractivity contribution in [2.24, 2.45) is 12.0 Å². The van der Waals surface area contributed by atoms with Crippen molar-refractivity contribution in [3.63, 3.8) is 0 Å². The van der Waals surface area contributed by atoms with Crippen LogP contribution in [0.3, 0.4) is 0 Å². The summed E-state index contributed by atoms with van der Waals surface area (Å²) in [6, 6.07) is 4.84. The van der Waals surface area contributed by atoms with E-state index in [1.807, 2.05) is 29.9 Å². The molecule has 7 heteroatoms. The first-order valence-corrected chi connectivity index (χ1v) is 9.94. The molecule has 1 fully saturated rings. The van der Waals surface area contributed by atoms with Crippen molar-refractivity contribution >= 4 is 17.3 Å². The molecular formula is C18H28N6S. The van der Waals surface area contributed by atoms with Gasteiger partial charge in [0, 0.05) is 30.4 Å². The smallest absolute Gasteiger partial charge is 0.191 e. The van der Waals surface area contributed by atoms with Crippen LogP contribution in [0, 0.1) is 6.92 Å². The van der Waals surface area contributed by atoms with Crippen LogP contribution in [-0.2, 0) is 13.6 Å². The number of aryl methyl sites for hydroxylation is 1. The van der Waals surface area contributed by atoms with Crippen LogP contribution in [0.4, 0.5) is 0 Å². The van der Waals surface area contributed by atoms with Gasteiger partial charge < -0.3 is 15.2 Å². The van der Waals surface area contributed by atoms with Gasteiger partial charge in [-0.25, -0.2) is 4.99 Å². The van der Waals surface area contributed by atoms with Gasteiger partial charge in [-0.3, -0.25) is 0 Å². The number of aliphatic imine (C=N–C) groups is 1. The van der Waals surface area contributed by atoms with Crippen LogP contribution in [0.25, 0.3) is 0 Å². The van der Waals surface area contributed by atoms with Crippen molar-refractivity contribution in [2.75, 3.05) is 6.54 Å². The second-order valence-electron chi connectivity index (χ2n) is 6.81. The number of aromatic nitrogens is 3. The maximum absolute atomic E-state index is 4.76. The summed E-state index contributed by atoms with van der Waals surface area (Å²) < 4.78 is 1.99. The SMILES string of the molecule is Cc1nnc(CN=C(NCC(C)c2cccs2)NC2CCCC2)n1C. The first-order chi connectivity index (χ1) is 12.1. The Hall–Kier alpha value is -1.89. The second-order valence-corrected chi connectivity index (χ2v) is 7.79. The first kappa shape index (κ1) is 17.9. The van der Waals surface area contributed by atoms with E-state index < -0.39 is 0 Å². The minimum Gasteiger partial charge on any atom is -0.356 e. The van der Waals surface area contributed by atoms with Gasteiger partial charge in [0.25, 0.3) is 0 Å². The van der Waals surface area contributed by atoms with E-state index in [1.165, 1.54) is 30.6 Å². The lowest BCUT2D eigenvalue weighted by atomic mass is 10.1. The van der Waals surface area contributed by atoms with Crippen LogP contribution in [0.2, 0.25) is 0 Å². The topological polar surface area (TPSA) is 67.1 Å². The third kappa shape index (κ3) is 4.81. The van der Waals surface area contributed by atoms with Crippen molar-refractivity contribution in [3.05, 3.63) is 34.0 Å². The Balaban J connectivity index is 1.63. The molecule has 136 valence electrons. The standard InChI is InChI=1S/C18H28N6S/c1-13(16-9-6-10-25-16)11-19-18(21-15-7-4-5-8-15)20-12-17-23-22-14(2)24(17)3/h6,9-10,13,15H,4-5,7-8,11-12H2,1-3H3,(H2,19,20,21). The summed E-state index contributed by atoms with van der Waals surface area (Å²) in [4.78, 5) is 6.16. The Morgan fingerprint density at radius 3 is 2.84 bits per heavy atom. The van der Waals surface area contributed by atoms with Crippen LogP contribution in [-0.4, -0.2) is 33.3 Å². The average Bonchev–Trinajstić information content (AvgIpc) is 3.35. The molecule has 2 aromatic heterocycles. The predicted molar refractivity (Wildman–Crippen MR) is 103 cm³/mol. The van der Waals surface area contributed by atoms with Crippen LogP contribution < -0.4 is 10.6 Å². The monoisotopic (exact) mass is 360 g/mol. The van der Waals surface area contributed by atoms with E-state index in [0.29, 0.717) is 18.5 Å². The Labute approximate surface area is 153 Å². The fraction of sp³-hybridized carbons (Fsp3) is 0.611. The van der Waals surface area contributed by atoms with Gasteiger partial charge in [-0.1, -0.05) is 25.8 Å². The maximum Gasteiger partial charge on any atom is 0.191 e. The third-order valence-corrected chi connectivity index (χ3v) is 5.97. The van der Waals surface area contributed by atoms with E-state index in [9.17, 15) is 0 Å². The minimum atomic E-state index is 0.465. The Morgan fingerprint density at radius 1 is 1.40 bits per heavy atom. The fourth-order valence-corrected chi connectivity index (χ4v) is 3.86. The molecular weight excluding hydrogens is 332 g/mol. The highest BCUT2D eigenvalue weighted by Gasteiger charge is 2.17. The lowest BCUT2D eigenvalue weighted by Gasteiger charge is -2.19. The molecule has 1 saturated carbocycles. The van der Waals surface area contributed by atoms with Crippen molar-refractivity contribution < 1.29 is 0 Å². The molecule has 0 radical (unpaired) electrons. The van der Waals surface area contributed by atoms with Crippen LogP contribution in [0.5, 0.6) is 0 Å². The van der Waals surface area contributed by atoms with Gasteiger partial charge in [0.1, 0.15) is 12.4 Å². The number of rotatable bonds is 6. The average molecular weight is 361 g/mol. The van der Waals surface area contributed by atoms with Gasteiger partial charge in [0.05, 0.1) is 0 Å². The molecule has 1 aliphatic carbocycles. The van der Waals surface area contributed by atoms with E-state index in [0.717, 1.165) is 24.2 Å². The lowest BCUT2D eigenvalue weighted by molar-refractivity contribution is 0.603. The van der Waals surface area contributed by atoms with Crippen LogP contribution in [0.15, 0.2) is 22.5 Å². The molecule has 0 amide bonds. The molecule has 25 heavy (non-hydrogen) atoms. The molecule has 0 aromatic carbocycles. The number of nitrogens with one attached hydrogen (secondary N) is 2. The van der Waals surface area contributed by atoms with Crippen LogP contribution in [0.1, 0.15) is 55.1 Å². The molecule has 1 unspecified atom stereocenters. The van der Waals surface area contributed by atoms with E-state index in [4.69, 9.17) is 4.99 Å². The van der Waals surface area contributed by atoms with E-state index in [-0.39, 0.29) is 0 Å². The second kappa shape index (κ2) is 8.47. The first-order valence-electron chi connectivity index (χ1n) is 9.06.